The topological polar surface area (TPSA) is 62.8 Å². The molecule has 1 aliphatic rings. The summed E-state index contributed by atoms with van der Waals surface area (Å²) >= 11 is 0. The molecule has 0 bridgehead atoms. The Morgan fingerprint density at radius 3 is 2.55 bits per heavy atom. The number of methoxy groups -OCH3 is 1. The van der Waals surface area contributed by atoms with E-state index >= 15 is 0 Å². The Hall–Kier alpha value is -0.850. The van der Waals surface area contributed by atoms with Crippen LogP contribution >= 0.6 is 0 Å². The van der Waals surface area contributed by atoms with Crippen molar-refractivity contribution in [3.63, 3.8) is 0 Å². The van der Waals surface area contributed by atoms with Gasteiger partial charge in [-0.25, -0.2) is 4.79 Å². The van der Waals surface area contributed by atoms with Gasteiger partial charge in [-0.3, -0.25) is 0 Å². The third-order valence-electron chi connectivity index (χ3n) is 3.67. The van der Waals surface area contributed by atoms with Gasteiger partial charge in [0.1, 0.15) is 5.60 Å². The van der Waals surface area contributed by atoms with Crippen LogP contribution in [0.3, 0.4) is 0 Å². The molecule has 0 radical (unpaired) electrons. The van der Waals surface area contributed by atoms with E-state index in [4.69, 9.17) is 9.47 Å². The maximum Gasteiger partial charge on any atom is 0.410 e. The molecule has 0 aromatic rings. The molecule has 1 aliphatic heterocycles. The lowest BCUT2D eigenvalue weighted by atomic mass is 9.98. The number of ether oxygens (including phenoxy) is 2. The third-order valence-corrected chi connectivity index (χ3v) is 3.67. The number of rotatable bonds is 8. The number of hydrogen-bond donors (Lipinski definition) is 2. The van der Waals surface area contributed by atoms with Crippen molar-refractivity contribution < 1.29 is 14.3 Å². The van der Waals surface area contributed by atoms with Gasteiger partial charge < -0.3 is 25.0 Å². The van der Waals surface area contributed by atoms with Gasteiger partial charge in [0.2, 0.25) is 0 Å². The number of amides is 1. The zero-order valence-corrected chi connectivity index (χ0v) is 14.6. The van der Waals surface area contributed by atoms with Crippen molar-refractivity contribution in [2.24, 2.45) is 5.92 Å². The maximum absolute atomic E-state index is 12.2. The molecule has 0 saturated carbocycles. The minimum absolute atomic E-state index is 0.270. The Labute approximate surface area is 134 Å². The molecule has 0 unspecified atom stereocenters. The van der Waals surface area contributed by atoms with Gasteiger partial charge in [-0.15, -0.1) is 0 Å². The summed E-state index contributed by atoms with van der Waals surface area (Å²) in [6.07, 6.45) is 2.19. The summed E-state index contributed by atoms with van der Waals surface area (Å²) in [5, 5.41) is 6.83. The fourth-order valence-electron chi connectivity index (χ4n) is 2.43. The first-order valence-electron chi connectivity index (χ1n) is 8.30. The second-order valence-corrected chi connectivity index (χ2v) is 6.86. The number of nitrogens with zero attached hydrogens (tertiary/aromatic N) is 1. The van der Waals surface area contributed by atoms with Crippen molar-refractivity contribution in [1.82, 2.24) is 15.5 Å². The van der Waals surface area contributed by atoms with E-state index in [1.165, 1.54) is 12.8 Å². The normalized spacial score (nSPS) is 16.5. The minimum Gasteiger partial charge on any atom is -0.444 e. The predicted molar refractivity (Wildman–Crippen MR) is 88.1 cm³/mol. The molecule has 1 amide bonds. The summed E-state index contributed by atoms with van der Waals surface area (Å²) in [6, 6.07) is 0. The quantitative estimate of drug-likeness (QED) is 0.664. The van der Waals surface area contributed by atoms with Crippen LogP contribution in [-0.2, 0) is 9.47 Å². The molecular weight excluding hydrogens is 282 g/mol. The van der Waals surface area contributed by atoms with E-state index < -0.39 is 5.60 Å². The van der Waals surface area contributed by atoms with Gasteiger partial charge in [0.05, 0.1) is 6.61 Å². The fraction of sp³-hybridized carbons (Fsp3) is 0.938. The Bertz CT molecular complexity index is 312. The number of piperidine rings is 1. The lowest BCUT2D eigenvalue weighted by Gasteiger charge is -2.28. The van der Waals surface area contributed by atoms with Crippen LogP contribution in [0.4, 0.5) is 4.79 Å². The van der Waals surface area contributed by atoms with Crippen LogP contribution in [0.2, 0.25) is 0 Å². The summed E-state index contributed by atoms with van der Waals surface area (Å²) in [5.41, 5.74) is -0.467. The number of nitrogens with one attached hydrogen (secondary N) is 2. The van der Waals surface area contributed by atoms with Crippen molar-refractivity contribution >= 4 is 6.09 Å². The van der Waals surface area contributed by atoms with Gasteiger partial charge in [0, 0.05) is 26.7 Å². The van der Waals surface area contributed by atoms with Crippen molar-refractivity contribution in [3.8, 4) is 0 Å². The molecule has 0 spiro atoms. The van der Waals surface area contributed by atoms with Gasteiger partial charge in [-0.1, -0.05) is 0 Å². The first kappa shape index (κ1) is 19.2. The van der Waals surface area contributed by atoms with E-state index in [1.54, 1.807) is 12.0 Å². The summed E-state index contributed by atoms with van der Waals surface area (Å²) in [5.74, 6) is 0.746. The van der Waals surface area contributed by atoms with Gasteiger partial charge in [-0.05, 0) is 59.2 Å². The predicted octanol–water partition coefficient (Wildman–Crippen LogP) is 1.46. The van der Waals surface area contributed by atoms with Crippen LogP contribution in [0.15, 0.2) is 0 Å². The summed E-state index contributed by atoms with van der Waals surface area (Å²) in [7, 11) is 1.64. The van der Waals surface area contributed by atoms with E-state index in [9.17, 15) is 4.79 Å². The van der Waals surface area contributed by atoms with Crippen molar-refractivity contribution in [2.45, 2.75) is 39.2 Å². The number of carbonyl (C=O) groups excluding carboxylic acids is 1. The highest BCUT2D eigenvalue weighted by atomic mass is 16.6. The summed E-state index contributed by atoms with van der Waals surface area (Å²) < 4.78 is 10.5. The minimum atomic E-state index is -0.467. The molecule has 1 rings (SSSR count). The summed E-state index contributed by atoms with van der Waals surface area (Å²) in [4.78, 5) is 13.9. The Kier molecular flexibility index (Phi) is 8.75. The average Bonchev–Trinajstić information content (AvgIpc) is 2.45. The Morgan fingerprint density at radius 2 is 1.95 bits per heavy atom. The molecule has 0 aromatic heterocycles. The Balaban J connectivity index is 2.29. The Morgan fingerprint density at radius 1 is 1.27 bits per heavy atom. The molecular formula is C16H33N3O3. The van der Waals surface area contributed by atoms with E-state index in [0.29, 0.717) is 19.7 Å². The molecule has 130 valence electrons. The number of hydrogen-bond acceptors (Lipinski definition) is 5. The summed E-state index contributed by atoms with van der Waals surface area (Å²) in [6.45, 7) is 11.4. The largest absolute Gasteiger partial charge is 0.444 e. The fourth-order valence-corrected chi connectivity index (χ4v) is 2.43. The highest BCUT2D eigenvalue weighted by molar-refractivity contribution is 5.68. The molecule has 1 fully saturated rings. The standard InChI is InChI=1S/C16H33N3O3/c1-16(2,3)22-15(20)19(11-12-21-4)10-9-18-13-14-5-7-17-8-6-14/h14,17-18H,5-13H2,1-4H3. The number of carbonyl (C=O) groups is 1. The van der Waals surface area contributed by atoms with Crippen LogP contribution in [0.1, 0.15) is 33.6 Å². The van der Waals surface area contributed by atoms with Gasteiger partial charge in [0.15, 0.2) is 0 Å². The second kappa shape index (κ2) is 10.0. The zero-order chi connectivity index (χ0) is 16.4. The lowest BCUT2D eigenvalue weighted by Crippen LogP contribution is -2.43. The zero-order valence-electron chi connectivity index (χ0n) is 14.6. The molecule has 0 atom stereocenters. The van der Waals surface area contributed by atoms with Crippen LogP contribution in [0.25, 0.3) is 0 Å². The second-order valence-electron chi connectivity index (χ2n) is 6.86. The third kappa shape index (κ3) is 8.56. The van der Waals surface area contributed by atoms with Gasteiger partial charge in [0.25, 0.3) is 0 Å². The van der Waals surface area contributed by atoms with E-state index in [2.05, 4.69) is 10.6 Å². The van der Waals surface area contributed by atoms with Crippen molar-refractivity contribution in [3.05, 3.63) is 0 Å². The van der Waals surface area contributed by atoms with Crippen molar-refractivity contribution in [2.75, 3.05) is 53.0 Å². The SMILES string of the molecule is COCCN(CCNCC1CCNCC1)C(=O)OC(C)(C)C. The maximum atomic E-state index is 12.2. The molecule has 22 heavy (non-hydrogen) atoms. The van der Waals surface area contributed by atoms with Crippen LogP contribution in [0.5, 0.6) is 0 Å². The first-order chi connectivity index (χ1) is 10.4. The molecule has 1 saturated heterocycles. The molecule has 6 nitrogen and oxygen atoms in total. The average molecular weight is 315 g/mol. The molecule has 0 aromatic carbocycles. The van der Waals surface area contributed by atoms with E-state index in [1.807, 2.05) is 20.8 Å². The van der Waals surface area contributed by atoms with Crippen molar-refractivity contribution in [1.29, 1.82) is 0 Å². The molecule has 6 heteroatoms. The molecule has 2 N–H and O–H groups in total. The monoisotopic (exact) mass is 315 g/mol. The van der Waals surface area contributed by atoms with Crippen LogP contribution in [-0.4, -0.2) is 69.6 Å². The molecule has 1 heterocycles. The van der Waals surface area contributed by atoms with E-state index in [0.717, 1.165) is 32.1 Å². The van der Waals surface area contributed by atoms with Crippen LogP contribution in [0, 0.1) is 5.92 Å². The van der Waals surface area contributed by atoms with E-state index in [-0.39, 0.29) is 6.09 Å². The van der Waals surface area contributed by atoms with Gasteiger partial charge >= 0.3 is 6.09 Å². The molecule has 0 aliphatic carbocycles. The highest BCUT2D eigenvalue weighted by Crippen LogP contribution is 2.11. The van der Waals surface area contributed by atoms with Gasteiger partial charge in [-0.2, -0.15) is 0 Å². The first-order valence-corrected chi connectivity index (χ1v) is 8.30. The lowest BCUT2D eigenvalue weighted by molar-refractivity contribution is 0.0204. The highest BCUT2D eigenvalue weighted by Gasteiger charge is 2.21. The smallest absolute Gasteiger partial charge is 0.410 e. The van der Waals surface area contributed by atoms with Crippen LogP contribution < -0.4 is 10.6 Å².